The molecule has 2 aromatic rings. The minimum Gasteiger partial charge on any atom is -0.229 e. The molecule has 4 heteroatoms. The van der Waals surface area contributed by atoms with Gasteiger partial charge in [-0.1, -0.05) is 24.1 Å². The van der Waals surface area contributed by atoms with Crippen LogP contribution in [-0.4, -0.2) is 9.97 Å². The van der Waals surface area contributed by atoms with Crippen molar-refractivity contribution in [3.05, 3.63) is 34.5 Å². The Labute approximate surface area is 104 Å². The average molecular weight is 251 g/mol. The number of hydrogen-bond acceptors (Lipinski definition) is 2. The van der Waals surface area contributed by atoms with Gasteiger partial charge in [0.1, 0.15) is 22.3 Å². The first-order valence-corrected chi connectivity index (χ1v) is 6.17. The molecular formula is C13H12ClFN2. The number of aromatic nitrogens is 2. The van der Waals surface area contributed by atoms with E-state index in [2.05, 4.69) is 9.97 Å². The Morgan fingerprint density at radius 2 is 2.06 bits per heavy atom. The molecule has 3 rings (SSSR count). The molecule has 88 valence electrons. The zero-order valence-corrected chi connectivity index (χ0v) is 10.3. The van der Waals surface area contributed by atoms with E-state index in [1.165, 1.54) is 12.5 Å². The van der Waals surface area contributed by atoms with Gasteiger partial charge in [-0.15, -0.1) is 0 Å². The second kappa shape index (κ2) is 3.91. The molecule has 2 nitrogen and oxygen atoms in total. The fourth-order valence-electron chi connectivity index (χ4n) is 2.18. The van der Waals surface area contributed by atoms with E-state index in [1.807, 2.05) is 6.92 Å². The smallest absolute Gasteiger partial charge is 0.149 e. The van der Waals surface area contributed by atoms with Crippen molar-refractivity contribution in [3.8, 4) is 0 Å². The molecule has 0 spiro atoms. The topological polar surface area (TPSA) is 25.8 Å². The van der Waals surface area contributed by atoms with E-state index >= 15 is 0 Å². The Morgan fingerprint density at radius 1 is 1.29 bits per heavy atom. The summed E-state index contributed by atoms with van der Waals surface area (Å²) in [6, 6.07) is 3.14. The summed E-state index contributed by atoms with van der Waals surface area (Å²) >= 11 is 6.15. The van der Waals surface area contributed by atoms with Crippen LogP contribution in [0.1, 0.15) is 36.6 Å². The van der Waals surface area contributed by atoms with E-state index in [-0.39, 0.29) is 5.82 Å². The van der Waals surface area contributed by atoms with Crippen LogP contribution in [0.3, 0.4) is 0 Å². The molecule has 0 unspecified atom stereocenters. The molecule has 1 aliphatic rings. The lowest BCUT2D eigenvalue weighted by Crippen LogP contribution is -2.13. The van der Waals surface area contributed by atoms with Gasteiger partial charge in [0.2, 0.25) is 0 Å². The Hall–Kier alpha value is -1.22. The fourth-order valence-corrected chi connectivity index (χ4v) is 2.51. The summed E-state index contributed by atoms with van der Waals surface area (Å²) in [4.78, 5) is 8.66. The maximum atomic E-state index is 13.8. The van der Waals surface area contributed by atoms with Gasteiger partial charge in [-0.2, -0.15) is 0 Å². The first-order chi connectivity index (χ1) is 8.16. The Balaban J connectivity index is 2.27. The Morgan fingerprint density at radius 3 is 2.71 bits per heavy atom. The van der Waals surface area contributed by atoms with Crippen LogP contribution in [-0.2, 0) is 0 Å². The van der Waals surface area contributed by atoms with E-state index in [0.29, 0.717) is 27.8 Å². The number of aryl methyl sites for hydroxylation is 1. The molecule has 0 saturated heterocycles. The largest absolute Gasteiger partial charge is 0.229 e. The number of benzene rings is 1. The summed E-state index contributed by atoms with van der Waals surface area (Å²) in [7, 11) is 0. The SMILES string of the molecule is Cc1ccc(F)c2nc(C3CCC3)nc(Cl)c12. The van der Waals surface area contributed by atoms with Crippen LogP contribution in [0.4, 0.5) is 4.39 Å². The molecule has 0 N–H and O–H groups in total. The third-order valence-corrected chi connectivity index (χ3v) is 3.73. The molecule has 0 amide bonds. The van der Waals surface area contributed by atoms with Gasteiger partial charge >= 0.3 is 0 Å². The van der Waals surface area contributed by atoms with Gasteiger partial charge in [0.05, 0.1) is 0 Å². The van der Waals surface area contributed by atoms with Crippen molar-refractivity contribution >= 4 is 22.5 Å². The van der Waals surface area contributed by atoms with Crippen molar-refractivity contribution in [1.29, 1.82) is 0 Å². The molecule has 0 atom stereocenters. The maximum Gasteiger partial charge on any atom is 0.149 e. The number of rotatable bonds is 1. The Bertz CT molecular complexity index is 593. The summed E-state index contributed by atoms with van der Waals surface area (Å²) in [6.45, 7) is 1.89. The van der Waals surface area contributed by atoms with Crippen LogP contribution in [0.2, 0.25) is 5.15 Å². The van der Waals surface area contributed by atoms with Crippen molar-refractivity contribution in [3.63, 3.8) is 0 Å². The first-order valence-electron chi connectivity index (χ1n) is 5.79. The van der Waals surface area contributed by atoms with Crippen molar-refractivity contribution in [1.82, 2.24) is 9.97 Å². The number of halogens is 2. The highest BCUT2D eigenvalue weighted by Crippen LogP contribution is 2.36. The normalized spacial score (nSPS) is 16.2. The summed E-state index contributed by atoms with van der Waals surface area (Å²) in [5, 5.41) is 1.00. The van der Waals surface area contributed by atoms with Crippen LogP contribution in [0, 0.1) is 12.7 Å². The van der Waals surface area contributed by atoms with E-state index in [0.717, 1.165) is 18.4 Å². The van der Waals surface area contributed by atoms with Gasteiger partial charge in [-0.3, -0.25) is 0 Å². The van der Waals surface area contributed by atoms with Crippen LogP contribution < -0.4 is 0 Å². The van der Waals surface area contributed by atoms with Gasteiger partial charge in [0.15, 0.2) is 0 Å². The summed E-state index contributed by atoms with van der Waals surface area (Å²) in [5.74, 6) is 0.727. The van der Waals surface area contributed by atoms with Gasteiger partial charge in [-0.25, -0.2) is 14.4 Å². The summed E-state index contributed by atoms with van der Waals surface area (Å²) in [6.07, 6.45) is 3.35. The van der Waals surface area contributed by atoms with E-state index in [4.69, 9.17) is 11.6 Å². The second-order valence-corrected chi connectivity index (χ2v) is 4.95. The molecule has 1 heterocycles. The fraction of sp³-hybridized carbons (Fsp3) is 0.385. The van der Waals surface area contributed by atoms with E-state index < -0.39 is 0 Å². The minimum absolute atomic E-state index is 0.324. The maximum absolute atomic E-state index is 13.8. The lowest BCUT2D eigenvalue weighted by Gasteiger charge is -2.24. The molecule has 0 radical (unpaired) electrons. The molecule has 17 heavy (non-hydrogen) atoms. The lowest BCUT2D eigenvalue weighted by molar-refractivity contribution is 0.402. The lowest BCUT2D eigenvalue weighted by atomic mass is 9.85. The third-order valence-electron chi connectivity index (χ3n) is 3.45. The van der Waals surface area contributed by atoms with Crippen molar-refractivity contribution in [2.45, 2.75) is 32.1 Å². The van der Waals surface area contributed by atoms with Crippen LogP contribution in [0.25, 0.3) is 10.9 Å². The quantitative estimate of drug-likeness (QED) is 0.715. The number of fused-ring (bicyclic) bond motifs is 1. The van der Waals surface area contributed by atoms with Crippen LogP contribution in [0.5, 0.6) is 0 Å². The third kappa shape index (κ3) is 1.69. The average Bonchev–Trinajstić information content (AvgIpc) is 2.20. The predicted octanol–water partition coefficient (Wildman–Crippen LogP) is 4.00. The highest BCUT2D eigenvalue weighted by molar-refractivity contribution is 6.34. The zero-order chi connectivity index (χ0) is 12.0. The molecule has 1 aromatic heterocycles. The highest BCUT2D eigenvalue weighted by Gasteiger charge is 2.24. The van der Waals surface area contributed by atoms with Gasteiger partial charge < -0.3 is 0 Å². The van der Waals surface area contributed by atoms with E-state index in [9.17, 15) is 4.39 Å². The minimum atomic E-state index is -0.324. The summed E-state index contributed by atoms with van der Waals surface area (Å²) in [5.41, 5.74) is 1.26. The standard InChI is InChI=1S/C13H12ClFN2/c1-7-5-6-9(15)11-10(7)12(14)17-13(16-11)8-3-2-4-8/h5-6,8H,2-4H2,1H3. The molecule has 0 bridgehead atoms. The van der Waals surface area contributed by atoms with Crippen molar-refractivity contribution in [2.75, 3.05) is 0 Å². The van der Waals surface area contributed by atoms with Crippen LogP contribution in [0.15, 0.2) is 12.1 Å². The molecule has 1 aliphatic carbocycles. The zero-order valence-electron chi connectivity index (χ0n) is 9.50. The molecule has 1 aromatic carbocycles. The van der Waals surface area contributed by atoms with Crippen molar-refractivity contribution < 1.29 is 4.39 Å². The number of hydrogen-bond donors (Lipinski definition) is 0. The number of nitrogens with zero attached hydrogens (tertiary/aromatic N) is 2. The van der Waals surface area contributed by atoms with Gasteiger partial charge in [0, 0.05) is 11.3 Å². The molecular weight excluding hydrogens is 239 g/mol. The van der Waals surface area contributed by atoms with Crippen molar-refractivity contribution in [2.24, 2.45) is 0 Å². The van der Waals surface area contributed by atoms with Crippen LogP contribution >= 0.6 is 11.6 Å². The second-order valence-electron chi connectivity index (χ2n) is 4.59. The van der Waals surface area contributed by atoms with Gasteiger partial charge in [-0.05, 0) is 31.4 Å². The highest BCUT2D eigenvalue weighted by atomic mass is 35.5. The Kier molecular flexibility index (Phi) is 2.51. The molecule has 1 fully saturated rings. The van der Waals surface area contributed by atoms with Gasteiger partial charge in [0.25, 0.3) is 0 Å². The molecule has 0 aliphatic heterocycles. The molecule has 1 saturated carbocycles. The summed E-state index contributed by atoms with van der Waals surface area (Å²) < 4.78 is 13.8. The first kappa shape index (κ1) is 10.9. The van der Waals surface area contributed by atoms with E-state index in [1.54, 1.807) is 6.07 Å². The predicted molar refractivity (Wildman–Crippen MR) is 65.8 cm³/mol. The monoisotopic (exact) mass is 250 g/mol.